The van der Waals surface area contributed by atoms with Crippen LogP contribution in [0.5, 0.6) is 0 Å². The highest BCUT2D eigenvalue weighted by atomic mass is 35.5. The van der Waals surface area contributed by atoms with Crippen molar-refractivity contribution >= 4 is 17.5 Å². The topological polar surface area (TPSA) is 80.9 Å². The smallest absolute Gasteiger partial charge is 0.253 e. The second-order valence-electron chi connectivity index (χ2n) is 6.88. The SMILES string of the molecule is Cc1ccc(C(=O)N[C@@H](C)c2nc(-c3ccnc(C4CC4)c3)no2)c(Cl)c1. The molecule has 1 N–H and O–H groups in total. The van der Waals surface area contributed by atoms with E-state index in [0.29, 0.717) is 28.2 Å². The summed E-state index contributed by atoms with van der Waals surface area (Å²) in [6, 6.07) is 8.72. The summed E-state index contributed by atoms with van der Waals surface area (Å²) in [6.45, 7) is 3.71. The molecular weight excluding hydrogens is 364 g/mol. The van der Waals surface area contributed by atoms with Gasteiger partial charge in [0.2, 0.25) is 11.7 Å². The fourth-order valence-corrected chi connectivity index (χ4v) is 3.18. The monoisotopic (exact) mass is 382 g/mol. The van der Waals surface area contributed by atoms with Crippen molar-refractivity contribution in [1.29, 1.82) is 0 Å². The van der Waals surface area contributed by atoms with Crippen molar-refractivity contribution in [3.05, 3.63) is 64.3 Å². The Morgan fingerprint density at radius 2 is 2.11 bits per heavy atom. The number of nitrogens with one attached hydrogen (secondary N) is 1. The Morgan fingerprint density at radius 1 is 1.30 bits per heavy atom. The lowest BCUT2D eigenvalue weighted by Gasteiger charge is -2.11. The van der Waals surface area contributed by atoms with Crippen LogP contribution in [-0.4, -0.2) is 21.0 Å². The molecule has 2 heterocycles. The summed E-state index contributed by atoms with van der Waals surface area (Å²) >= 11 is 6.17. The number of halogens is 1. The molecule has 0 saturated heterocycles. The van der Waals surface area contributed by atoms with Gasteiger partial charge < -0.3 is 9.84 Å². The van der Waals surface area contributed by atoms with Crippen LogP contribution in [0.2, 0.25) is 5.02 Å². The number of carbonyl (C=O) groups is 1. The second kappa shape index (κ2) is 7.12. The standard InChI is InChI=1S/C20H19ClN4O2/c1-11-3-6-15(16(21)9-11)19(26)23-12(2)20-24-18(25-27-20)14-7-8-22-17(10-14)13-4-5-13/h3,6-10,12-13H,4-5H2,1-2H3,(H,23,26)/t12-/m0/s1. The first-order valence-electron chi connectivity index (χ1n) is 8.88. The number of nitrogens with zero attached hydrogens (tertiary/aromatic N) is 3. The fourth-order valence-electron chi connectivity index (χ4n) is 2.86. The Balaban J connectivity index is 1.49. The molecule has 1 aliphatic rings. The van der Waals surface area contributed by atoms with Crippen LogP contribution in [-0.2, 0) is 0 Å². The molecule has 1 saturated carbocycles. The average molecular weight is 383 g/mol. The van der Waals surface area contributed by atoms with Crippen LogP contribution < -0.4 is 5.32 Å². The number of rotatable bonds is 5. The lowest BCUT2D eigenvalue weighted by atomic mass is 10.1. The summed E-state index contributed by atoms with van der Waals surface area (Å²) in [6.07, 6.45) is 4.13. The molecule has 1 amide bonds. The summed E-state index contributed by atoms with van der Waals surface area (Å²) in [4.78, 5) is 21.3. The van der Waals surface area contributed by atoms with Gasteiger partial charge in [-0.15, -0.1) is 0 Å². The predicted molar refractivity (Wildman–Crippen MR) is 102 cm³/mol. The average Bonchev–Trinajstić information content (AvgIpc) is 3.38. The van der Waals surface area contributed by atoms with E-state index in [0.717, 1.165) is 16.8 Å². The molecule has 4 rings (SSSR count). The van der Waals surface area contributed by atoms with E-state index in [1.54, 1.807) is 25.3 Å². The number of amides is 1. The molecule has 0 unspecified atom stereocenters. The minimum absolute atomic E-state index is 0.285. The third-order valence-electron chi connectivity index (χ3n) is 4.56. The first kappa shape index (κ1) is 17.7. The zero-order chi connectivity index (χ0) is 19.0. The number of hydrogen-bond acceptors (Lipinski definition) is 5. The van der Waals surface area contributed by atoms with Gasteiger partial charge in [-0.1, -0.05) is 22.8 Å². The number of hydrogen-bond donors (Lipinski definition) is 1. The molecule has 0 aliphatic heterocycles. The van der Waals surface area contributed by atoms with Crippen molar-refractivity contribution in [2.24, 2.45) is 0 Å². The molecule has 3 aromatic rings. The van der Waals surface area contributed by atoms with E-state index in [1.165, 1.54) is 12.8 Å². The Bertz CT molecular complexity index is 997. The highest BCUT2D eigenvalue weighted by molar-refractivity contribution is 6.33. The van der Waals surface area contributed by atoms with Crippen LogP contribution in [0.25, 0.3) is 11.4 Å². The summed E-state index contributed by atoms with van der Waals surface area (Å²) in [5.74, 6) is 1.09. The van der Waals surface area contributed by atoms with Crippen molar-refractivity contribution in [1.82, 2.24) is 20.4 Å². The third kappa shape index (κ3) is 3.85. The van der Waals surface area contributed by atoms with E-state index in [1.807, 2.05) is 25.1 Å². The van der Waals surface area contributed by atoms with Crippen LogP contribution in [0.1, 0.15) is 59.2 Å². The lowest BCUT2D eigenvalue weighted by Crippen LogP contribution is -2.27. The highest BCUT2D eigenvalue weighted by Gasteiger charge is 2.26. The van der Waals surface area contributed by atoms with E-state index in [2.05, 4.69) is 20.4 Å². The van der Waals surface area contributed by atoms with Gasteiger partial charge in [-0.3, -0.25) is 9.78 Å². The van der Waals surface area contributed by atoms with Crippen molar-refractivity contribution in [2.75, 3.05) is 0 Å². The van der Waals surface area contributed by atoms with Crippen molar-refractivity contribution in [2.45, 2.75) is 38.6 Å². The molecule has 1 atom stereocenters. The van der Waals surface area contributed by atoms with Gasteiger partial charge in [-0.25, -0.2) is 0 Å². The first-order chi connectivity index (χ1) is 13.0. The van der Waals surface area contributed by atoms with Crippen LogP contribution >= 0.6 is 11.6 Å². The Hall–Kier alpha value is -2.73. The number of aromatic nitrogens is 3. The molecule has 0 spiro atoms. The zero-order valence-electron chi connectivity index (χ0n) is 15.1. The Kier molecular flexibility index (Phi) is 4.66. The number of carbonyl (C=O) groups excluding carboxylic acids is 1. The van der Waals surface area contributed by atoms with Gasteiger partial charge in [-0.05, 0) is 56.5 Å². The molecule has 0 radical (unpaired) electrons. The zero-order valence-corrected chi connectivity index (χ0v) is 15.8. The highest BCUT2D eigenvalue weighted by Crippen LogP contribution is 2.39. The van der Waals surface area contributed by atoms with Gasteiger partial charge in [-0.2, -0.15) is 4.98 Å². The Morgan fingerprint density at radius 3 is 2.85 bits per heavy atom. The van der Waals surface area contributed by atoms with Gasteiger partial charge in [0, 0.05) is 23.4 Å². The van der Waals surface area contributed by atoms with E-state index in [9.17, 15) is 4.79 Å². The van der Waals surface area contributed by atoms with Gasteiger partial charge in [0.15, 0.2) is 0 Å². The molecule has 138 valence electrons. The van der Waals surface area contributed by atoms with Crippen LogP contribution in [0.15, 0.2) is 41.1 Å². The number of benzene rings is 1. The maximum absolute atomic E-state index is 12.5. The molecule has 1 fully saturated rings. The largest absolute Gasteiger partial charge is 0.340 e. The molecule has 2 aromatic heterocycles. The molecule has 1 aromatic carbocycles. The summed E-state index contributed by atoms with van der Waals surface area (Å²) in [5.41, 5.74) is 3.34. The maximum atomic E-state index is 12.5. The van der Waals surface area contributed by atoms with Gasteiger partial charge in [0.05, 0.1) is 10.6 Å². The molecular formula is C20H19ClN4O2. The van der Waals surface area contributed by atoms with Gasteiger partial charge in [0.1, 0.15) is 6.04 Å². The van der Waals surface area contributed by atoms with Crippen molar-refractivity contribution in [3.8, 4) is 11.4 Å². The van der Waals surface area contributed by atoms with Gasteiger partial charge >= 0.3 is 0 Å². The second-order valence-corrected chi connectivity index (χ2v) is 7.29. The van der Waals surface area contributed by atoms with E-state index in [-0.39, 0.29) is 5.91 Å². The van der Waals surface area contributed by atoms with Crippen molar-refractivity contribution < 1.29 is 9.32 Å². The van der Waals surface area contributed by atoms with E-state index < -0.39 is 6.04 Å². The minimum atomic E-state index is -0.444. The molecule has 1 aliphatic carbocycles. The lowest BCUT2D eigenvalue weighted by molar-refractivity contribution is 0.0932. The van der Waals surface area contributed by atoms with Crippen LogP contribution in [0.3, 0.4) is 0 Å². The number of aryl methyl sites for hydroxylation is 1. The molecule has 7 heteroatoms. The van der Waals surface area contributed by atoms with Crippen LogP contribution in [0, 0.1) is 6.92 Å². The van der Waals surface area contributed by atoms with Crippen LogP contribution in [0.4, 0.5) is 0 Å². The first-order valence-corrected chi connectivity index (χ1v) is 9.26. The predicted octanol–water partition coefficient (Wildman–Crippen LogP) is 4.46. The van der Waals surface area contributed by atoms with Gasteiger partial charge in [0.25, 0.3) is 5.91 Å². The molecule has 6 nitrogen and oxygen atoms in total. The fraction of sp³-hybridized carbons (Fsp3) is 0.300. The van der Waals surface area contributed by atoms with Crippen molar-refractivity contribution in [3.63, 3.8) is 0 Å². The normalized spacial score (nSPS) is 14.8. The third-order valence-corrected chi connectivity index (χ3v) is 4.88. The Labute approximate surface area is 162 Å². The summed E-state index contributed by atoms with van der Waals surface area (Å²) < 4.78 is 5.35. The minimum Gasteiger partial charge on any atom is -0.340 e. The summed E-state index contributed by atoms with van der Waals surface area (Å²) in [5, 5.41) is 7.30. The quantitative estimate of drug-likeness (QED) is 0.704. The van der Waals surface area contributed by atoms with E-state index in [4.69, 9.17) is 16.1 Å². The number of pyridine rings is 1. The molecule has 0 bridgehead atoms. The van der Waals surface area contributed by atoms with E-state index >= 15 is 0 Å². The molecule has 27 heavy (non-hydrogen) atoms. The maximum Gasteiger partial charge on any atom is 0.253 e. The summed E-state index contributed by atoms with van der Waals surface area (Å²) in [7, 11) is 0.